The second-order valence-electron chi connectivity index (χ2n) is 6.21. The highest BCUT2D eigenvalue weighted by molar-refractivity contribution is 6.00. The Morgan fingerprint density at radius 3 is 2.63 bits per heavy atom. The van der Waals surface area contributed by atoms with E-state index < -0.39 is 23.4 Å². The fraction of sp³-hybridized carbons (Fsp3) is 0.200. The molecule has 0 radical (unpaired) electrons. The first-order valence-electron chi connectivity index (χ1n) is 8.37. The smallest absolute Gasteiger partial charge is 0.359 e. The predicted molar refractivity (Wildman–Crippen MR) is 97.5 cm³/mol. The van der Waals surface area contributed by atoms with Crippen molar-refractivity contribution in [2.75, 3.05) is 7.11 Å². The number of carbonyl (C=O) groups is 2. The Morgan fingerprint density at radius 2 is 1.93 bits per heavy atom. The van der Waals surface area contributed by atoms with E-state index in [1.165, 1.54) is 24.3 Å². The zero-order chi connectivity index (χ0) is 19.4. The third kappa shape index (κ3) is 4.15. The van der Waals surface area contributed by atoms with Gasteiger partial charge in [0.2, 0.25) is 5.72 Å². The summed E-state index contributed by atoms with van der Waals surface area (Å²) in [5, 5.41) is 13.5. The molecule has 0 aliphatic heterocycles. The van der Waals surface area contributed by atoms with Gasteiger partial charge in [0.15, 0.2) is 0 Å². The van der Waals surface area contributed by atoms with Crippen molar-refractivity contribution >= 4 is 22.8 Å². The van der Waals surface area contributed by atoms with E-state index in [9.17, 15) is 19.1 Å². The Hall–Kier alpha value is -3.19. The van der Waals surface area contributed by atoms with Gasteiger partial charge in [-0.3, -0.25) is 4.79 Å². The summed E-state index contributed by atoms with van der Waals surface area (Å²) in [5.74, 6) is -2.09. The van der Waals surface area contributed by atoms with E-state index in [1.807, 2.05) is 30.3 Å². The summed E-state index contributed by atoms with van der Waals surface area (Å²) in [6, 6.07) is 14.7. The summed E-state index contributed by atoms with van der Waals surface area (Å²) >= 11 is 0. The molecule has 3 N–H and O–H groups in total. The molecule has 0 aliphatic rings. The lowest BCUT2D eigenvalue weighted by molar-refractivity contribution is -0.165. The van der Waals surface area contributed by atoms with Gasteiger partial charge in [0.25, 0.3) is 5.91 Å². The van der Waals surface area contributed by atoms with Crippen molar-refractivity contribution in [3.05, 3.63) is 71.7 Å². The second kappa shape index (κ2) is 7.59. The first kappa shape index (κ1) is 18.6. The lowest BCUT2D eigenvalue weighted by atomic mass is 10.0. The van der Waals surface area contributed by atoms with Crippen molar-refractivity contribution in [3.63, 3.8) is 0 Å². The normalized spacial score (nSPS) is 13.1. The monoisotopic (exact) mass is 370 g/mol. The molecule has 3 rings (SSSR count). The van der Waals surface area contributed by atoms with E-state index >= 15 is 0 Å². The maximum Gasteiger partial charge on any atom is 0.359 e. The van der Waals surface area contributed by atoms with Gasteiger partial charge in [0.1, 0.15) is 11.5 Å². The van der Waals surface area contributed by atoms with Crippen LogP contribution in [0.15, 0.2) is 54.6 Å². The highest BCUT2D eigenvalue weighted by Gasteiger charge is 2.39. The number of halogens is 1. The molecule has 0 fully saturated rings. The van der Waals surface area contributed by atoms with Gasteiger partial charge in [0, 0.05) is 17.3 Å². The van der Waals surface area contributed by atoms with Crippen molar-refractivity contribution in [1.82, 2.24) is 10.3 Å². The molecule has 3 aromatic rings. The van der Waals surface area contributed by atoms with Crippen LogP contribution < -0.4 is 5.32 Å². The maximum atomic E-state index is 13.3. The predicted octanol–water partition coefficient (Wildman–Crippen LogP) is 2.53. The van der Waals surface area contributed by atoms with Gasteiger partial charge in [-0.15, -0.1) is 0 Å². The van der Waals surface area contributed by atoms with Crippen LogP contribution in [0.3, 0.4) is 0 Å². The Labute approximate surface area is 155 Å². The van der Waals surface area contributed by atoms with E-state index in [-0.39, 0.29) is 12.1 Å². The highest BCUT2D eigenvalue weighted by Crippen LogP contribution is 2.19. The van der Waals surface area contributed by atoms with Crippen LogP contribution in [0.1, 0.15) is 22.5 Å². The van der Waals surface area contributed by atoms with Gasteiger partial charge in [-0.1, -0.05) is 30.3 Å². The fourth-order valence-electron chi connectivity index (χ4n) is 2.84. The van der Waals surface area contributed by atoms with Crippen LogP contribution in [-0.4, -0.2) is 34.8 Å². The first-order valence-corrected chi connectivity index (χ1v) is 8.37. The van der Waals surface area contributed by atoms with Crippen molar-refractivity contribution < 1.29 is 23.8 Å². The minimum atomic E-state index is -2.19. The lowest BCUT2D eigenvalue weighted by Crippen LogP contribution is -2.55. The minimum absolute atomic E-state index is 0.0652. The first-order chi connectivity index (χ1) is 12.9. The molecule has 1 amide bonds. The number of nitrogens with one attached hydrogen (secondary N) is 2. The third-order valence-corrected chi connectivity index (χ3v) is 4.29. The van der Waals surface area contributed by atoms with Gasteiger partial charge in [-0.2, -0.15) is 0 Å². The number of benzene rings is 2. The topological polar surface area (TPSA) is 91.4 Å². The number of rotatable bonds is 6. The molecule has 0 aliphatic carbocycles. The number of carbonyl (C=O) groups excluding carboxylic acids is 2. The number of aromatic nitrogens is 1. The van der Waals surface area contributed by atoms with Gasteiger partial charge >= 0.3 is 5.97 Å². The second-order valence-corrected chi connectivity index (χ2v) is 6.21. The molecule has 0 saturated carbocycles. The summed E-state index contributed by atoms with van der Waals surface area (Å²) < 4.78 is 18.0. The summed E-state index contributed by atoms with van der Waals surface area (Å²) in [6.07, 6.45) is 0.287. The Kier molecular flexibility index (Phi) is 5.23. The molecule has 0 unspecified atom stereocenters. The van der Waals surface area contributed by atoms with E-state index in [0.29, 0.717) is 17.3 Å². The minimum Gasteiger partial charge on any atom is -0.465 e. The van der Waals surface area contributed by atoms with Gasteiger partial charge in [-0.05, 0) is 36.2 Å². The molecule has 0 spiro atoms. The molecule has 140 valence electrons. The molecule has 6 nitrogen and oxygen atoms in total. The SMILES string of the molecule is COC(=O)[C@](O)(CCc1ccccc1)NC(=O)c1cc2cc(F)ccc2[nH]1. The average Bonchev–Trinajstić information content (AvgIpc) is 3.10. The molecule has 1 heterocycles. The Morgan fingerprint density at radius 1 is 1.19 bits per heavy atom. The van der Waals surface area contributed by atoms with Gasteiger partial charge < -0.3 is 20.1 Å². The zero-order valence-electron chi connectivity index (χ0n) is 14.7. The van der Waals surface area contributed by atoms with Crippen molar-refractivity contribution in [2.24, 2.45) is 0 Å². The summed E-state index contributed by atoms with van der Waals surface area (Å²) in [6.45, 7) is 0. The van der Waals surface area contributed by atoms with Crippen LogP contribution in [0.5, 0.6) is 0 Å². The van der Waals surface area contributed by atoms with E-state index in [2.05, 4.69) is 15.0 Å². The number of hydrogen-bond donors (Lipinski definition) is 3. The number of hydrogen-bond acceptors (Lipinski definition) is 4. The quantitative estimate of drug-likeness (QED) is 0.459. The summed E-state index contributed by atoms with van der Waals surface area (Å²) in [5.41, 5.74) is -0.634. The van der Waals surface area contributed by atoms with Gasteiger partial charge in [-0.25, -0.2) is 9.18 Å². The Bertz CT molecular complexity index is 971. The summed E-state index contributed by atoms with van der Waals surface area (Å²) in [4.78, 5) is 27.5. The maximum absolute atomic E-state index is 13.3. The standard InChI is InChI=1S/C20H19FN2O4/c1-27-19(25)20(26,10-9-13-5-3-2-4-6-13)23-18(24)17-12-14-11-15(21)7-8-16(14)22-17/h2-8,11-12,22,26H,9-10H2,1H3,(H,23,24)/t20-/m1/s1. The van der Waals surface area contributed by atoms with E-state index in [1.54, 1.807) is 0 Å². The van der Waals surface area contributed by atoms with Crippen molar-refractivity contribution in [3.8, 4) is 0 Å². The number of aromatic amines is 1. The van der Waals surface area contributed by atoms with Crippen LogP contribution in [0.25, 0.3) is 10.9 Å². The number of H-pyrrole nitrogens is 1. The lowest BCUT2D eigenvalue weighted by Gasteiger charge is -2.26. The number of amides is 1. The van der Waals surface area contributed by atoms with Crippen LogP contribution in [0, 0.1) is 5.82 Å². The van der Waals surface area contributed by atoms with Gasteiger partial charge in [0.05, 0.1) is 7.11 Å². The fourth-order valence-corrected chi connectivity index (χ4v) is 2.84. The van der Waals surface area contributed by atoms with Crippen molar-refractivity contribution in [2.45, 2.75) is 18.6 Å². The Balaban J connectivity index is 1.79. The molecular weight excluding hydrogens is 351 g/mol. The molecule has 1 aromatic heterocycles. The van der Waals surface area contributed by atoms with Crippen LogP contribution >= 0.6 is 0 Å². The number of aliphatic hydroxyl groups is 1. The molecular formula is C20H19FN2O4. The number of esters is 1. The molecule has 7 heteroatoms. The van der Waals surface area contributed by atoms with E-state index in [0.717, 1.165) is 12.7 Å². The molecule has 1 atom stereocenters. The zero-order valence-corrected chi connectivity index (χ0v) is 14.7. The average molecular weight is 370 g/mol. The van der Waals surface area contributed by atoms with Crippen LogP contribution in [0.2, 0.25) is 0 Å². The summed E-state index contributed by atoms with van der Waals surface area (Å²) in [7, 11) is 1.13. The third-order valence-electron chi connectivity index (χ3n) is 4.29. The number of fused-ring (bicyclic) bond motifs is 1. The van der Waals surface area contributed by atoms with E-state index in [4.69, 9.17) is 0 Å². The highest BCUT2D eigenvalue weighted by atomic mass is 19.1. The van der Waals surface area contributed by atoms with Crippen LogP contribution in [-0.2, 0) is 16.0 Å². The number of aryl methyl sites for hydroxylation is 1. The molecule has 0 saturated heterocycles. The number of methoxy groups -OCH3 is 1. The van der Waals surface area contributed by atoms with Crippen LogP contribution in [0.4, 0.5) is 4.39 Å². The molecule has 27 heavy (non-hydrogen) atoms. The molecule has 0 bridgehead atoms. The molecule has 2 aromatic carbocycles. The number of ether oxygens (including phenoxy) is 1. The largest absolute Gasteiger partial charge is 0.465 e. The van der Waals surface area contributed by atoms with Crippen molar-refractivity contribution in [1.29, 1.82) is 0 Å².